The van der Waals surface area contributed by atoms with E-state index in [0.29, 0.717) is 31.9 Å². The van der Waals surface area contributed by atoms with Crippen molar-refractivity contribution in [2.24, 2.45) is 0 Å². The Kier molecular flexibility index (Phi) is 5.49. The van der Waals surface area contributed by atoms with Crippen LogP contribution < -0.4 is 9.80 Å². The van der Waals surface area contributed by atoms with Gasteiger partial charge in [0.05, 0.1) is 18.8 Å². The molecule has 0 bridgehead atoms. The van der Waals surface area contributed by atoms with E-state index in [-0.39, 0.29) is 5.91 Å². The van der Waals surface area contributed by atoms with Crippen LogP contribution in [0.2, 0.25) is 0 Å². The van der Waals surface area contributed by atoms with Gasteiger partial charge in [0.2, 0.25) is 5.95 Å². The summed E-state index contributed by atoms with van der Waals surface area (Å²) in [6.45, 7) is 5.83. The Morgan fingerprint density at radius 2 is 1.81 bits per heavy atom. The number of morpholine rings is 1. The summed E-state index contributed by atoms with van der Waals surface area (Å²) in [6, 6.07) is 3.74. The molecule has 2 aliphatic rings. The van der Waals surface area contributed by atoms with Crippen LogP contribution >= 0.6 is 15.9 Å². The molecule has 27 heavy (non-hydrogen) atoms. The van der Waals surface area contributed by atoms with Gasteiger partial charge in [-0.15, -0.1) is 0 Å². The number of ether oxygens (including phenoxy) is 1. The Morgan fingerprint density at radius 3 is 2.56 bits per heavy atom. The number of piperazine rings is 1. The van der Waals surface area contributed by atoms with E-state index in [0.717, 1.165) is 42.4 Å². The Balaban J connectivity index is 1.40. The van der Waals surface area contributed by atoms with Gasteiger partial charge in [0.25, 0.3) is 5.91 Å². The number of nitrogens with zero attached hydrogens (tertiary/aromatic N) is 6. The molecule has 2 saturated heterocycles. The molecule has 0 unspecified atom stereocenters. The van der Waals surface area contributed by atoms with Crippen molar-refractivity contribution in [1.29, 1.82) is 0 Å². The van der Waals surface area contributed by atoms with E-state index < -0.39 is 0 Å². The summed E-state index contributed by atoms with van der Waals surface area (Å²) in [4.78, 5) is 32.1. The highest BCUT2D eigenvalue weighted by atomic mass is 79.9. The van der Waals surface area contributed by atoms with Crippen molar-refractivity contribution < 1.29 is 9.53 Å². The van der Waals surface area contributed by atoms with Gasteiger partial charge in [-0.05, 0) is 28.1 Å². The first-order chi connectivity index (χ1) is 13.2. The first-order valence-electron chi connectivity index (χ1n) is 9.01. The van der Waals surface area contributed by atoms with Crippen molar-refractivity contribution in [3.05, 3.63) is 40.8 Å². The normalized spacial score (nSPS) is 17.9. The standard InChI is InChI=1S/C18H21BrN6O2/c19-15-11-14(12-20-13-15)17(26)24-5-3-23(4-6-24)16-1-2-21-18(22-16)25-7-9-27-10-8-25/h1-2,11-13H,3-10H2. The molecule has 4 rings (SSSR count). The van der Waals surface area contributed by atoms with Crippen molar-refractivity contribution in [3.63, 3.8) is 0 Å². The fraction of sp³-hybridized carbons (Fsp3) is 0.444. The van der Waals surface area contributed by atoms with Gasteiger partial charge in [0.15, 0.2) is 0 Å². The lowest BCUT2D eigenvalue weighted by Crippen LogP contribution is -2.49. The molecule has 0 atom stereocenters. The zero-order valence-corrected chi connectivity index (χ0v) is 16.5. The van der Waals surface area contributed by atoms with E-state index >= 15 is 0 Å². The maximum absolute atomic E-state index is 12.7. The lowest BCUT2D eigenvalue weighted by atomic mass is 10.2. The average molecular weight is 433 g/mol. The van der Waals surface area contributed by atoms with Gasteiger partial charge in [-0.3, -0.25) is 9.78 Å². The minimum Gasteiger partial charge on any atom is -0.378 e. The molecule has 2 fully saturated rings. The van der Waals surface area contributed by atoms with Crippen LogP contribution in [0.3, 0.4) is 0 Å². The molecule has 2 aromatic heterocycles. The number of pyridine rings is 1. The molecule has 9 heteroatoms. The Morgan fingerprint density at radius 1 is 1.04 bits per heavy atom. The molecular formula is C18H21BrN6O2. The summed E-state index contributed by atoms with van der Waals surface area (Å²) in [5, 5.41) is 0. The fourth-order valence-electron chi connectivity index (χ4n) is 3.28. The van der Waals surface area contributed by atoms with Crippen LogP contribution in [0.4, 0.5) is 11.8 Å². The minimum atomic E-state index is 0.0140. The lowest BCUT2D eigenvalue weighted by molar-refractivity contribution is 0.0746. The minimum absolute atomic E-state index is 0.0140. The number of hydrogen-bond acceptors (Lipinski definition) is 7. The summed E-state index contributed by atoms with van der Waals surface area (Å²) in [7, 11) is 0. The third-order valence-electron chi connectivity index (χ3n) is 4.76. The summed E-state index contributed by atoms with van der Waals surface area (Å²) >= 11 is 3.37. The predicted octanol–water partition coefficient (Wildman–Crippen LogP) is 1.43. The van der Waals surface area contributed by atoms with Crippen LogP contribution in [0.1, 0.15) is 10.4 Å². The second-order valence-corrected chi connectivity index (χ2v) is 7.40. The number of hydrogen-bond donors (Lipinski definition) is 0. The molecule has 4 heterocycles. The van der Waals surface area contributed by atoms with Crippen molar-refractivity contribution in [3.8, 4) is 0 Å². The van der Waals surface area contributed by atoms with Crippen LogP contribution in [0, 0.1) is 0 Å². The SMILES string of the molecule is O=C(c1cncc(Br)c1)N1CCN(c2ccnc(N3CCOCC3)n2)CC1. The van der Waals surface area contributed by atoms with Crippen molar-refractivity contribution in [2.45, 2.75) is 0 Å². The van der Waals surface area contributed by atoms with E-state index in [1.807, 2.05) is 11.0 Å². The van der Waals surface area contributed by atoms with Crippen LogP contribution in [0.15, 0.2) is 35.2 Å². The van der Waals surface area contributed by atoms with E-state index in [1.54, 1.807) is 24.7 Å². The monoisotopic (exact) mass is 432 g/mol. The Labute approximate surface area is 166 Å². The van der Waals surface area contributed by atoms with Gasteiger partial charge >= 0.3 is 0 Å². The maximum atomic E-state index is 12.7. The molecule has 142 valence electrons. The summed E-state index contributed by atoms with van der Waals surface area (Å²) < 4.78 is 6.20. The summed E-state index contributed by atoms with van der Waals surface area (Å²) in [5.41, 5.74) is 0.606. The zero-order valence-electron chi connectivity index (χ0n) is 14.9. The fourth-order valence-corrected chi connectivity index (χ4v) is 3.65. The highest BCUT2D eigenvalue weighted by Gasteiger charge is 2.24. The molecular weight excluding hydrogens is 412 g/mol. The van der Waals surface area contributed by atoms with Crippen molar-refractivity contribution in [1.82, 2.24) is 19.9 Å². The first-order valence-corrected chi connectivity index (χ1v) is 9.80. The molecule has 8 nitrogen and oxygen atoms in total. The second-order valence-electron chi connectivity index (χ2n) is 6.49. The molecule has 0 N–H and O–H groups in total. The van der Waals surface area contributed by atoms with Crippen LogP contribution in [0.5, 0.6) is 0 Å². The number of amides is 1. The molecule has 1 amide bonds. The van der Waals surface area contributed by atoms with E-state index in [1.165, 1.54) is 0 Å². The summed E-state index contributed by atoms with van der Waals surface area (Å²) in [6.07, 6.45) is 5.09. The zero-order chi connectivity index (χ0) is 18.6. The average Bonchev–Trinajstić information content (AvgIpc) is 2.74. The van der Waals surface area contributed by atoms with Crippen LogP contribution in [0.25, 0.3) is 0 Å². The number of aromatic nitrogens is 3. The molecule has 0 aliphatic carbocycles. The molecule has 0 saturated carbocycles. The quantitative estimate of drug-likeness (QED) is 0.725. The number of carbonyl (C=O) groups excluding carboxylic acids is 1. The molecule has 0 aromatic carbocycles. The van der Waals surface area contributed by atoms with Crippen molar-refractivity contribution in [2.75, 3.05) is 62.3 Å². The topological polar surface area (TPSA) is 74.7 Å². The van der Waals surface area contributed by atoms with E-state index in [9.17, 15) is 4.79 Å². The number of rotatable bonds is 3. The van der Waals surface area contributed by atoms with Gasteiger partial charge in [-0.1, -0.05) is 0 Å². The molecule has 0 spiro atoms. The van der Waals surface area contributed by atoms with Crippen LogP contribution in [-0.4, -0.2) is 78.2 Å². The molecule has 2 aliphatic heterocycles. The maximum Gasteiger partial charge on any atom is 0.255 e. The van der Waals surface area contributed by atoms with Gasteiger partial charge in [-0.2, -0.15) is 4.98 Å². The largest absolute Gasteiger partial charge is 0.378 e. The smallest absolute Gasteiger partial charge is 0.255 e. The number of carbonyl (C=O) groups is 1. The Bertz CT molecular complexity index is 806. The van der Waals surface area contributed by atoms with Crippen molar-refractivity contribution >= 4 is 33.6 Å². The highest BCUT2D eigenvalue weighted by Crippen LogP contribution is 2.19. The lowest BCUT2D eigenvalue weighted by Gasteiger charge is -2.36. The third kappa shape index (κ3) is 4.19. The second kappa shape index (κ2) is 8.18. The highest BCUT2D eigenvalue weighted by molar-refractivity contribution is 9.10. The van der Waals surface area contributed by atoms with Gasteiger partial charge in [0, 0.05) is 62.3 Å². The van der Waals surface area contributed by atoms with Crippen LogP contribution in [-0.2, 0) is 4.74 Å². The van der Waals surface area contributed by atoms with Gasteiger partial charge < -0.3 is 19.4 Å². The number of halogens is 1. The third-order valence-corrected chi connectivity index (χ3v) is 5.20. The Hall–Kier alpha value is -2.26. The van der Waals surface area contributed by atoms with E-state index in [2.05, 4.69) is 35.7 Å². The molecule has 2 aromatic rings. The molecule has 0 radical (unpaired) electrons. The van der Waals surface area contributed by atoms with Gasteiger partial charge in [-0.25, -0.2) is 4.98 Å². The van der Waals surface area contributed by atoms with Gasteiger partial charge in [0.1, 0.15) is 5.82 Å². The number of anilines is 2. The predicted molar refractivity (Wildman–Crippen MR) is 105 cm³/mol. The summed E-state index contributed by atoms with van der Waals surface area (Å²) in [5.74, 6) is 1.66. The van der Waals surface area contributed by atoms with E-state index in [4.69, 9.17) is 9.72 Å². The first kappa shape index (κ1) is 18.1.